The molecule has 0 aromatic carbocycles. The number of nitrogens with zero attached hydrogens (tertiary/aromatic N) is 3. The molecule has 0 saturated heterocycles. The maximum Gasteiger partial charge on any atom is 0.225 e. The Bertz CT molecular complexity index is 442. The van der Waals surface area contributed by atoms with Crippen LogP contribution in [0.25, 0.3) is 0 Å². The molecule has 1 aliphatic carbocycles. The highest BCUT2D eigenvalue weighted by molar-refractivity contribution is 7.71. The molecule has 1 aliphatic rings. The van der Waals surface area contributed by atoms with Crippen LogP contribution in [-0.2, 0) is 0 Å². The number of rotatable bonds is 4. The van der Waals surface area contributed by atoms with Crippen LogP contribution in [0.5, 0.6) is 0 Å². The molecule has 1 saturated carbocycles. The van der Waals surface area contributed by atoms with E-state index in [1.165, 1.54) is 25.7 Å². The summed E-state index contributed by atoms with van der Waals surface area (Å²) in [6.07, 6.45) is 5.07. The summed E-state index contributed by atoms with van der Waals surface area (Å²) in [6, 6.07) is 0.989. The maximum atomic E-state index is 5.40. The minimum atomic E-state index is 0.454. The molecule has 0 amide bonds. The second kappa shape index (κ2) is 5.43. The van der Waals surface area contributed by atoms with Gasteiger partial charge in [-0.15, -0.1) is 5.10 Å². The second-order valence-electron chi connectivity index (χ2n) is 5.73. The van der Waals surface area contributed by atoms with Crippen molar-refractivity contribution in [3.05, 3.63) is 4.77 Å². The van der Waals surface area contributed by atoms with E-state index in [9.17, 15) is 0 Å². The molecule has 2 rings (SSSR count). The zero-order valence-electron chi connectivity index (χ0n) is 11.8. The maximum absolute atomic E-state index is 5.40. The lowest BCUT2D eigenvalue weighted by Crippen LogP contribution is -2.35. The molecule has 1 fully saturated rings. The van der Waals surface area contributed by atoms with E-state index in [4.69, 9.17) is 12.2 Å². The summed E-state index contributed by atoms with van der Waals surface area (Å²) in [4.78, 5) is 2.25. The van der Waals surface area contributed by atoms with E-state index in [2.05, 4.69) is 47.5 Å². The fourth-order valence-corrected chi connectivity index (χ4v) is 2.94. The highest BCUT2D eigenvalue weighted by atomic mass is 32.1. The lowest BCUT2D eigenvalue weighted by Gasteiger charge is -2.30. The normalized spacial score (nSPS) is 18.5. The van der Waals surface area contributed by atoms with Crippen molar-refractivity contribution in [1.29, 1.82) is 0 Å². The molecule has 5 heteroatoms. The molecule has 0 radical (unpaired) electrons. The van der Waals surface area contributed by atoms with Crippen molar-refractivity contribution in [2.45, 2.75) is 58.5 Å². The van der Waals surface area contributed by atoms with Crippen molar-refractivity contribution in [2.24, 2.45) is 5.92 Å². The van der Waals surface area contributed by atoms with Gasteiger partial charge in [-0.05, 0) is 37.9 Å². The molecule has 1 aromatic heterocycles. The van der Waals surface area contributed by atoms with Gasteiger partial charge in [0, 0.05) is 19.1 Å². The van der Waals surface area contributed by atoms with E-state index in [1.807, 2.05) is 0 Å². The number of hydrogen-bond donors (Lipinski definition) is 1. The summed E-state index contributed by atoms with van der Waals surface area (Å²) in [6.45, 7) is 6.71. The van der Waals surface area contributed by atoms with Gasteiger partial charge in [-0.1, -0.05) is 26.7 Å². The molecule has 102 valence electrons. The summed E-state index contributed by atoms with van der Waals surface area (Å²) < 4.78 is 2.99. The highest BCUT2D eigenvalue weighted by Gasteiger charge is 2.25. The van der Waals surface area contributed by atoms with Gasteiger partial charge in [-0.3, -0.25) is 4.57 Å². The fraction of sp³-hybridized carbons (Fsp3) is 0.846. The number of aromatic nitrogens is 3. The average Bonchev–Trinajstić information content (AvgIpc) is 2.95. The lowest BCUT2D eigenvalue weighted by molar-refractivity contribution is 0.467. The number of anilines is 1. The lowest BCUT2D eigenvalue weighted by atomic mass is 10.1. The van der Waals surface area contributed by atoms with E-state index in [-0.39, 0.29) is 0 Å². The third kappa shape index (κ3) is 2.46. The van der Waals surface area contributed by atoms with E-state index < -0.39 is 0 Å². The monoisotopic (exact) mass is 268 g/mol. The molecule has 4 nitrogen and oxygen atoms in total. The first kappa shape index (κ1) is 13.6. The van der Waals surface area contributed by atoms with Crippen LogP contribution >= 0.6 is 12.2 Å². The Balaban J connectivity index is 2.30. The van der Waals surface area contributed by atoms with Gasteiger partial charge in [-0.25, -0.2) is 5.10 Å². The van der Waals surface area contributed by atoms with Crippen LogP contribution in [0.2, 0.25) is 0 Å². The average molecular weight is 268 g/mol. The van der Waals surface area contributed by atoms with Gasteiger partial charge in [0.05, 0.1) is 0 Å². The zero-order valence-corrected chi connectivity index (χ0v) is 12.6. The standard InChI is InChI=1S/C13H24N4S/c1-9(2)10(3)16(4)12-14-15-13(18)17(12)11-7-5-6-8-11/h9-11H,5-8H2,1-4H3,(H,15,18). The Hall–Kier alpha value is -0.840. The van der Waals surface area contributed by atoms with Crippen molar-refractivity contribution in [3.63, 3.8) is 0 Å². The molecule has 1 atom stereocenters. The van der Waals surface area contributed by atoms with Gasteiger partial charge in [0.25, 0.3) is 0 Å². The minimum absolute atomic E-state index is 0.454. The summed E-state index contributed by atoms with van der Waals surface area (Å²) in [7, 11) is 2.11. The summed E-state index contributed by atoms with van der Waals surface area (Å²) >= 11 is 5.40. The van der Waals surface area contributed by atoms with E-state index >= 15 is 0 Å². The van der Waals surface area contributed by atoms with Crippen LogP contribution in [0.1, 0.15) is 52.5 Å². The molecule has 1 heterocycles. The SMILES string of the molecule is CC(C)C(C)N(C)c1n[nH]c(=S)n1C1CCCC1. The molecule has 0 aliphatic heterocycles. The van der Waals surface area contributed by atoms with Crippen LogP contribution in [-0.4, -0.2) is 27.9 Å². The first-order chi connectivity index (χ1) is 8.52. The molecular weight excluding hydrogens is 244 g/mol. The third-order valence-electron chi connectivity index (χ3n) is 4.27. The molecule has 0 spiro atoms. The summed E-state index contributed by atoms with van der Waals surface area (Å²) in [5.74, 6) is 1.59. The molecule has 1 N–H and O–H groups in total. The van der Waals surface area contributed by atoms with Gasteiger partial charge in [0.1, 0.15) is 0 Å². The van der Waals surface area contributed by atoms with Crippen LogP contribution < -0.4 is 4.90 Å². The number of H-pyrrole nitrogens is 1. The van der Waals surface area contributed by atoms with Gasteiger partial charge in [-0.2, -0.15) is 0 Å². The predicted octanol–water partition coefficient (Wildman–Crippen LogP) is 3.54. The minimum Gasteiger partial charge on any atom is -0.341 e. The molecule has 1 aromatic rings. The fourth-order valence-electron chi connectivity index (χ4n) is 2.67. The van der Waals surface area contributed by atoms with E-state index in [0.29, 0.717) is 18.0 Å². The number of aromatic amines is 1. The number of nitrogens with one attached hydrogen (secondary N) is 1. The first-order valence-corrected chi connectivity index (χ1v) is 7.33. The van der Waals surface area contributed by atoms with Gasteiger partial charge in [0.2, 0.25) is 5.95 Å². The smallest absolute Gasteiger partial charge is 0.225 e. The Labute approximate surface area is 114 Å². The van der Waals surface area contributed by atoms with Crippen molar-refractivity contribution in [3.8, 4) is 0 Å². The molecule has 0 bridgehead atoms. The molecule has 1 unspecified atom stereocenters. The van der Waals surface area contributed by atoms with Crippen molar-refractivity contribution in [2.75, 3.05) is 11.9 Å². The van der Waals surface area contributed by atoms with E-state index in [0.717, 1.165) is 10.7 Å². The Kier molecular flexibility index (Phi) is 4.10. The van der Waals surface area contributed by atoms with Crippen LogP contribution in [0.3, 0.4) is 0 Å². The van der Waals surface area contributed by atoms with Crippen LogP contribution in [0.15, 0.2) is 0 Å². The van der Waals surface area contributed by atoms with Crippen molar-refractivity contribution < 1.29 is 0 Å². The zero-order chi connectivity index (χ0) is 13.3. The largest absolute Gasteiger partial charge is 0.341 e. The predicted molar refractivity (Wildman–Crippen MR) is 77.6 cm³/mol. The summed E-state index contributed by atoms with van der Waals surface area (Å²) in [5.41, 5.74) is 0. The van der Waals surface area contributed by atoms with Crippen LogP contribution in [0.4, 0.5) is 5.95 Å². The third-order valence-corrected chi connectivity index (χ3v) is 4.55. The Morgan fingerprint density at radius 3 is 2.50 bits per heavy atom. The van der Waals surface area contributed by atoms with Gasteiger partial charge in [0.15, 0.2) is 4.77 Å². The molecular formula is C13H24N4S. The van der Waals surface area contributed by atoms with E-state index in [1.54, 1.807) is 0 Å². The topological polar surface area (TPSA) is 36.9 Å². The number of hydrogen-bond acceptors (Lipinski definition) is 3. The van der Waals surface area contributed by atoms with Gasteiger partial charge < -0.3 is 4.90 Å². The van der Waals surface area contributed by atoms with Gasteiger partial charge >= 0.3 is 0 Å². The molecule has 18 heavy (non-hydrogen) atoms. The summed E-state index contributed by atoms with van der Waals surface area (Å²) in [5, 5.41) is 7.40. The first-order valence-electron chi connectivity index (χ1n) is 6.92. The highest BCUT2D eigenvalue weighted by Crippen LogP contribution is 2.33. The van der Waals surface area contributed by atoms with Crippen molar-refractivity contribution in [1.82, 2.24) is 14.8 Å². The Morgan fingerprint density at radius 1 is 1.33 bits per heavy atom. The quantitative estimate of drug-likeness (QED) is 0.849. The second-order valence-corrected chi connectivity index (χ2v) is 6.12. The Morgan fingerprint density at radius 2 is 1.94 bits per heavy atom. The van der Waals surface area contributed by atoms with Crippen LogP contribution in [0, 0.1) is 10.7 Å². The van der Waals surface area contributed by atoms with Crippen molar-refractivity contribution >= 4 is 18.2 Å².